The summed E-state index contributed by atoms with van der Waals surface area (Å²) < 4.78 is 5.34. The van der Waals surface area contributed by atoms with Crippen molar-refractivity contribution in [2.45, 2.75) is 70.9 Å². The number of ether oxygens (including phenoxy) is 1. The summed E-state index contributed by atoms with van der Waals surface area (Å²) in [6.07, 6.45) is 7.67. The van der Waals surface area contributed by atoms with E-state index < -0.39 is 0 Å². The molecule has 1 aliphatic carbocycles. The minimum Gasteiger partial charge on any atom is -0.497 e. The highest BCUT2D eigenvalue weighted by atomic mass is 16.5. The summed E-state index contributed by atoms with van der Waals surface area (Å²) >= 11 is 0. The fourth-order valence-electron chi connectivity index (χ4n) is 5.55. The van der Waals surface area contributed by atoms with E-state index >= 15 is 0 Å². The summed E-state index contributed by atoms with van der Waals surface area (Å²) in [5.74, 6) is 2.58. The molecule has 2 amide bonds. The van der Waals surface area contributed by atoms with E-state index in [4.69, 9.17) is 14.7 Å². The van der Waals surface area contributed by atoms with Gasteiger partial charge in [-0.05, 0) is 50.3 Å². The van der Waals surface area contributed by atoms with Gasteiger partial charge in [0.15, 0.2) is 5.82 Å². The number of rotatable bonds is 5. The van der Waals surface area contributed by atoms with Crippen LogP contribution in [0.5, 0.6) is 5.75 Å². The molecular weight excluding hydrogens is 416 g/mol. The predicted molar refractivity (Wildman–Crippen MR) is 125 cm³/mol. The van der Waals surface area contributed by atoms with E-state index in [1.165, 1.54) is 6.42 Å². The average Bonchev–Trinajstić information content (AvgIpc) is 3.45. The molecule has 2 aliphatic heterocycles. The number of aromatic nitrogens is 2. The number of methoxy groups -OCH3 is 1. The van der Waals surface area contributed by atoms with Gasteiger partial charge in [-0.25, -0.2) is 9.97 Å². The Morgan fingerprint density at radius 1 is 1.12 bits per heavy atom. The zero-order valence-corrected chi connectivity index (χ0v) is 19.5. The number of carbonyl (C=O) groups excluding carboxylic acids is 2. The van der Waals surface area contributed by atoms with Crippen LogP contribution in [0.1, 0.15) is 73.6 Å². The minimum absolute atomic E-state index is 0.0314. The highest BCUT2D eigenvalue weighted by Crippen LogP contribution is 2.37. The highest BCUT2D eigenvalue weighted by Gasteiger charge is 2.38. The third kappa shape index (κ3) is 4.21. The van der Waals surface area contributed by atoms with Gasteiger partial charge in [0.25, 0.3) is 0 Å². The fourth-order valence-corrected chi connectivity index (χ4v) is 5.55. The molecular formula is C26H32N4O3. The van der Waals surface area contributed by atoms with E-state index in [9.17, 15) is 9.59 Å². The normalized spacial score (nSPS) is 20.9. The summed E-state index contributed by atoms with van der Waals surface area (Å²) in [6, 6.07) is 7.66. The van der Waals surface area contributed by atoms with Crippen molar-refractivity contribution >= 4 is 17.6 Å². The van der Waals surface area contributed by atoms with Crippen molar-refractivity contribution in [3.05, 3.63) is 46.9 Å². The predicted octanol–water partition coefficient (Wildman–Crippen LogP) is 4.13. The van der Waals surface area contributed by atoms with Crippen LogP contribution in [0, 0.1) is 12.8 Å². The van der Waals surface area contributed by atoms with Crippen LogP contribution >= 0.6 is 0 Å². The quantitative estimate of drug-likeness (QED) is 0.688. The molecule has 5 rings (SSSR count). The number of aryl methyl sites for hydroxylation is 1. The van der Waals surface area contributed by atoms with Crippen LogP contribution in [0.25, 0.3) is 0 Å². The van der Waals surface area contributed by atoms with Crippen LogP contribution in [0.15, 0.2) is 24.3 Å². The molecule has 0 spiro atoms. The van der Waals surface area contributed by atoms with Crippen LogP contribution < -0.4 is 9.64 Å². The van der Waals surface area contributed by atoms with Crippen molar-refractivity contribution in [1.82, 2.24) is 14.9 Å². The molecule has 1 atom stereocenters. The van der Waals surface area contributed by atoms with Gasteiger partial charge in [-0.2, -0.15) is 0 Å². The smallest absolute Gasteiger partial charge is 0.233 e. The van der Waals surface area contributed by atoms with Crippen molar-refractivity contribution in [3.8, 4) is 5.75 Å². The zero-order valence-electron chi connectivity index (χ0n) is 19.5. The Hall–Kier alpha value is -2.96. The molecule has 2 aromatic rings. The second kappa shape index (κ2) is 9.12. The number of likely N-dealkylation sites (tertiary alicyclic amines) is 1. The Morgan fingerprint density at radius 2 is 1.94 bits per heavy atom. The van der Waals surface area contributed by atoms with Crippen LogP contribution in [-0.4, -0.2) is 40.3 Å². The lowest BCUT2D eigenvalue weighted by Gasteiger charge is -2.30. The Labute approximate surface area is 195 Å². The van der Waals surface area contributed by atoms with Crippen molar-refractivity contribution in [1.29, 1.82) is 0 Å². The Balaban J connectivity index is 1.43. The maximum absolute atomic E-state index is 13.3. The molecule has 7 nitrogen and oxygen atoms in total. The van der Waals surface area contributed by atoms with Gasteiger partial charge >= 0.3 is 0 Å². The first-order valence-corrected chi connectivity index (χ1v) is 12.2. The fraction of sp³-hybridized carbons (Fsp3) is 0.538. The first kappa shape index (κ1) is 21.9. The van der Waals surface area contributed by atoms with Gasteiger partial charge < -0.3 is 9.64 Å². The molecule has 3 aliphatic rings. The summed E-state index contributed by atoms with van der Waals surface area (Å²) in [4.78, 5) is 39.7. The Kier molecular flexibility index (Phi) is 6.04. The minimum atomic E-state index is -0.0993. The van der Waals surface area contributed by atoms with E-state index in [0.29, 0.717) is 24.6 Å². The molecule has 0 unspecified atom stereocenters. The van der Waals surface area contributed by atoms with Crippen molar-refractivity contribution in [3.63, 3.8) is 0 Å². The van der Waals surface area contributed by atoms with Crippen molar-refractivity contribution in [2.24, 2.45) is 5.92 Å². The molecule has 7 heteroatoms. The molecule has 1 saturated heterocycles. The van der Waals surface area contributed by atoms with E-state index in [0.717, 1.165) is 67.6 Å². The molecule has 33 heavy (non-hydrogen) atoms. The monoisotopic (exact) mass is 448 g/mol. The van der Waals surface area contributed by atoms with Gasteiger partial charge in [0.05, 0.1) is 26.1 Å². The van der Waals surface area contributed by atoms with Gasteiger partial charge in [0.1, 0.15) is 11.6 Å². The van der Waals surface area contributed by atoms with Gasteiger partial charge in [0.2, 0.25) is 11.8 Å². The lowest BCUT2D eigenvalue weighted by Crippen LogP contribution is -2.37. The van der Waals surface area contributed by atoms with Gasteiger partial charge in [-0.1, -0.05) is 31.4 Å². The molecule has 1 saturated carbocycles. The molecule has 0 radical (unpaired) electrons. The van der Waals surface area contributed by atoms with Crippen molar-refractivity contribution in [2.75, 3.05) is 18.6 Å². The largest absolute Gasteiger partial charge is 0.497 e. The molecule has 1 aromatic carbocycles. The van der Waals surface area contributed by atoms with E-state index in [-0.39, 0.29) is 23.8 Å². The number of carbonyl (C=O) groups is 2. The maximum Gasteiger partial charge on any atom is 0.233 e. The van der Waals surface area contributed by atoms with E-state index in [2.05, 4.69) is 0 Å². The SMILES string of the molecule is COc1cccc(CN2C(=O)Cc3c(C)nc([C@H]4CCCN4C(=O)C4CCCCC4)nc32)c1. The third-order valence-corrected chi connectivity index (χ3v) is 7.36. The first-order chi connectivity index (χ1) is 16.0. The number of hydrogen-bond acceptors (Lipinski definition) is 5. The third-order valence-electron chi connectivity index (χ3n) is 7.36. The second-order valence-electron chi connectivity index (χ2n) is 9.50. The molecule has 0 bridgehead atoms. The number of fused-ring (bicyclic) bond motifs is 1. The topological polar surface area (TPSA) is 75.6 Å². The van der Waals surface area contributed by atoms with Gasteiger partial charge in [-0.3, -0.25) is 14.5 Å². The Morgan fingerprint density at radius 3 is 2.73 bits per heavy atom. The van der Waals surface area contributed by atoms with Crippen LogP contribution in [-0.2, 0) is 22.6 Å². The van der Waals surface area contributed by atoms with Gasteiger partial charge in [-0.15, -0.1) is 0 Å². The summed E-state index contributed by atoms with van der Waals surface area (Å²) in [5.41, 5.74) is 2.73. The first-order valence-electron chi connectivity index (χ1n) is 12.2. The number of nitrogens with zero attached hydrogens (tertiary/aromatic N) is 4. The van der Waals surface area contributed by atoms with Crippen molar-refractivity contribution < 1.29 is 14.3 Å². The van der Waals surface area contributed by atoms with E-state index in [1.54, 1.807) is 12.0 Å². The average molecular weight is 449 g/mol. The van der Waals surface area contributed by atoms with Crippen LogP contribution in [0.3, 0.4) is 0 Å². The van der Waals surface area contributed by atoms with Crippen LogP contribution in [0.4, 0.5) is 5.82 Å². The number of amides is 2. The molecule has 1 aromatic heterocycles. The number of hydrogen-bond donors (Lipinski definition) is 0. The molecule has 0 N–H and O–H groups in total. The summed E-state index contributed by atoms with van der Waals surface area (Å²) in [7, 11) is 1.64. The van der Waals surface area contributed by atoms with Crippen LogP contribution in [0.2, 0.25) is 0 Å². The second-order valence-corrected chi connectivity index (χ2v) is 9.50. The standard InChI is InChI=1S/C26H32N4O3/c1-17-21-15-23(31)30(16-18-8-6-11-20(14-18)33-2)25(21)28-24(27-17)22-12-7-13-29(22)26(32)19-9-4-3-5-10-19/h6,8,11,14,19,22H,3-5,7,9-10,12-13,15-16H2,1-2H3/t22-/m1/s1. The Bertz CT molecular complexity index is 1060. The lowest BCUT2D eigenvalue weighted by molar-refractivity contribution is -0.137. The maximum atomic E-state index is 13.3. The molecule has 2 fully saturated rings. The number of benzene rings is 1. The highest BCUT2D eigenvalue weighted by molar-refractivity contribution is 6.00. The van der Waals surface area contributed by atoms with Gasteiger partial charge in [0, 0.05) is 23.7 Å². The number of anilines is 1. The lowest BCUT2D eigenvalue weighted by atomic mass is 9.88. The summed E-state index contributed by atoms with van der Waals surface area (Å²) in [5, 5.41) is 0. The molecule has 3 heterocycles. The summed E-state index contributed by atoms with van der Waals surface area (Å²) in [6.45, 7) is 3.16. The van der Waals surface area contributed by atoms with E-state index in [1.807, 2.05) is 36.1 Å². The zero-order chi connectivity index (χ0) is 22.9. The molecule has 174 valence electrons.